The molecule has 0 aliphatic heterocycles. The fourth-order valence-corrected chi connectivity index (χ4v) is 1.75. The van der Waals surface area contributed by atoms with Crippen LogP contribution in [0.3, 0.4) is 0 Å². The quantitative estimate of drug-likeness (QED) is 0.610. The van der Waals surface area contributed by atoms with E-state index < -0.39 is 16.4 Å². The lowest BCUT2D eigenvalue weighted by Crippen LogP contribution is -2.36. The zero-order valence-electron chi connectivity index (χ0n) is 9.04. The first-order valence-electron chi connectivity index (χ1n) is 4.35. The monoisotopic (exact) mass is 285 g/mol. The van der Waals surface area contributed by atoms with Gasteiger partial charge in [0.25, 0.3) is 0 Å². The number of hydrogen-bond acceptors (Lipinski definition) is 5. The summed E-state index contributed by atoms with van der Waals surface area (Å²) < 4.78 is 28.6. The Balaban J connectivity index is 4.58. The third-order valence-electron chi connectivity index (χ3n) is 1.66. The van der Waals surface area contributed by atoms with Crippen LogP contribution in [-0.4, -0.2) is 42.9 Å². The Morgan fingerprint density at radius 1 is 1.38 bits per heavy atom. The number of nitrogens with two attached hydrogens (primary N) is 2. The topological polar surface area (TPSA) is 98.6 Å². The van der Waals surface area contributed by atoms with Crippen LogP contribution in [0.1, 0.15) is 12.8 Å². The highest BCUT2D eigenvalue weighted by molar-refractivity contribution is 7.84. The Morgan fingerprint density at radius 3 is 2.19 bits per heavy atom. The highest BCUT2D eigenvalue weighted by Crippen LogP contribution is 2.09. The molecule has 0 aromatic carbocycles. The van der Waals surface area contributed by atoms with Crippen LogP contribution in [-0.2, 0) is 14.5 Å². The van der Waals surface area contributed by atoms with Gasteiger partial charge in [0.05, 0.1) is 4.99 Å². The molecule has 0 heterocycles. The van der Waals surface area contributed by atoms with Crippen molar-refractivity contribution in [3.05, 3.63) is 0 Å². The van der Waals surface area contributed by atoms with Crippen molar-refractivity contribution < 1.29 is 12.6 Å². The minimum atomic E-state index is -3.81. The van der Waals surface area contributed by atoms with Gasteiger partial charge in [-0.05, 0) is 6.42 Å². The summed E-state index contributed by atoms with van der Waals surface area (Å²) in [5, 5.41) is 0. The normalized spacial score (nSPS) is 13.7. The molecule has 0 rings (SSSR count). The zero-order chi connectivity index (χ0) is 12.9. The Hall–Kier alpha value is -0.350. The van der Waals surface area contributed by atoms with Gasteiger partial charge in [-0.1, -0.05) is 24.4 Å². The second-order valence-corrected chi connectivity index (χ2v) is 6.01. The Labute approximate surface area is 106 Å². The lowest BCUT2D eigenvalue weighted by atomic mass is 10.2. The predicted molar refractivity (Wildman–Crippen MR) is 70.3 cm³/mol. The molecule has 94 valence electrons. The van der Waals surface area contributed by atoms with Crippen molar-refractivity contribution in [1.82, 2.24) is 4.31 Å². The van der Waals surface area contributed by atoms with Crippen molar-refractivity contribution in [2.75, 3.05) is 14.1 Å². The van der Waals surface area contributed by atoms with E-state index in [-0.39, 0.29) is 16.4 Å². The average Bonchev–Trinajstić information content (AvgIpc) is 2.11. The molecule has 0 saturated heterocycles. The maximum atomic E-state index is 11.4. The number of hydrogen-bond donors (Lipinski definition) is 2. The number of thiocarbonyl (C=S) groups is 2. The van der Waals surface area contributed by atoms with Gasteiger partial charge in [-0.2, -0.15) is 12.7 Å². The summed E-state index contributed by atoms with van der Waals surface area (Å²) in [5.74, 6) is 0. The van der Waals surface area contributed by atoms with E-state index >= 15 is 0 Å². The van der Waals surface area contributed by atoms with Gasteiger partial charge >= 0.3 is 10.3 Å². The zero-order valence-corrected chi connectivity index (χ0v) is 11.5. The molecule has 1 atom stereocenters. The lowest BCUT2D eigenvalue weighted by Gasteiger charge is -2.18. The van der Waals surface area contributed by atoms with Crippen LogP contribution < -0.4 is 11.5 Å². The third kappa shape index (κ3) is 5.66. The Kier molecular flexibility index (Phi) is 6.26. The van der Waals surface area contributed by atoms with Gasteiger partial charge in [0.1, 0.15) is 11.1 Å². The van der Waals surface area contributed by atoms with Crippen molar-refractivity contribution in [2.45, 2.75) is 18.9 Å². The highest BCUT2D eigenvalue weighted by Gasteiger charge is 2.23. The average molecular weight is 285 g/mol. The van der Waals surface area contributed by atoms with E-state index in [9.17, 15) is 8.42 Å². The molecule has 0 aromatic rings. The summed E-state index contributed by atoms with van der Waals surface area (Å²) >= 11 is 9.38. The molecular formula is C7H15N3O3S3. The minimum absolute atomic E-state index is 0.0401. The van der Waals surface area contributed by atoms with Crippen molar-refractivity contribution >= 4 is 44.7 Å². The van der Waals surface area contributed by atoms with Crippen LogP contribution in [0, 0.1) is 0 Å². The van der Waals surface area contributed by atoms with Crippen molar-refractivity contribution in [3.8, 4) is 0 Å². The highest BCUT2D eigenvalue weighted by atomic mass is 32.2. The predicted octanol–water partition coefficient (Wildman–Crippen LogP) is -0.470. The van der Waals surface area contributed by atoms with Crippen molar-refractivity contribution in [1.29, 1.82) is 0 Å². The summed E-state index contributed by atoms with van der Waals surface area (Å²) in [6.07, 6.45) is -0.318. The standard InChI is InChI=1S/C7H15N3O3S3/c1-10(2)16(11,12)13-5(7(9)15)3-4-6(8)14/h5H,3-4H2,1-2H3,(H2,8,14)(H2,9,15). The smallest absolute Gasteiger partial charge is 0.338 e. The van der Waals surface area contributed by atoms with Crippen LogP contribution in [0.2, 0.25) is 0 Å². The molecule has 0 aromatic heterocycles. The van der Waals surface area contributed by atoms with Crippen LogP contribution >= 0.6 is 24.4 Å². The molecule has 0 amide bonds. The Morgan fingerprint density at radius 2 is 1.88 bits per heavy atom. The first kappa shape index (κ1) is 15.7. The molecule has 0 fully saturated rings. The van der Waals surface area contributed by atoms with Gasteiger partial charge in [0.15, 0.2) is 0 Å². The van der Waals surface area contributed by atoms with Crippen LogP contribution in [0.5, 0.6) is 0 Å². The molecule has 0 spiro atoms. The molecular weight excluding hydrogens is 270 g/mol. The molecule has 0 bridgehead atoms. The van der Waals surface area contributed by atoms with Gasteiger partial charge in [0, 0.05) is 20.5 Å². The van der Waals surface area contributed by atoms with E-state index in [0.29, 0.717) is 6.42 Å². The molecule has 9 heteroatoms. The molecule has 0 saturated carbocycles. The van der Waals surface area contributed by atoms with Gasteiger partial charge in [-0.15, -0.1) is 0 Å². The summed E-state index contributed by atoms with van der Waals surface area (Å²) in [5.41, 5.74) is 10.7. The maximum absolute atomic E-state index is 11.4. The molecule has 16 heavy (non-hydrogen) atoms. The largest absolute Gasteiger partial charge is 0.393 e. The Bertz CT molecular complexity index is 366. The van der Waals surface area contributed by atoms with E-state index in [2.05, 4.69) is 12.2 Å². The molecule has 1 unspecified atom stereocenters. The molecule has 0 radical (unpaired) electrons. The van der Waals surface area contributed by atoms with E-state index in [0.717, 1.165) is 4.31 Å². The number of rotatable bonds is 7. The van der Waals surface area contributed by atoms with Crippen LogP contribution in [0.25, 0.3) is 0 Å². The molecule has 0 aliphatic rings. The van der Waals surface area contributed by atoms with Gasteiger partial charge < -0.3 is 11.5 Å². The van der Waals surface area contributed by atoms with Crippen molar-refractivity contribution in [2.24, 2.45) is 11.5 Å². The van der Waals surface area contributed by atoms with E-state index in [4.69, 9.17) is 27.9 Å². The lowest BCUT2D eigenvalue weighted by molar-refractivity contribution is 0.243. The molecule has 4 N–H and O–H groups in total. The molecule has 0 aliphatic carbocycles. The third-order valence-corrected chi connectivity index (χ3v) is 3.49. The van der Waals surface area contributed by atoms with Crippen molar-refractivity contribution in [3.63, 3.8) is 0 Å². The van der Waals surface area contributed by atoms with Gasteiger partial charge in [-0.25, -0.2) is 4.18 Å². The fraction of sp³-hybridized carbons (Fsp3) is 0.714. The number of nitrogens with zero attached hydrogens (tertiary/aromatic N) is 1. The second kappa shape index (κ2) is 6.40. The minimum Gasteiger partial charge on any atom is -0.393 e. The SMILES string of the molecule is CN(C)S(=O)(=O)OC(CCC(N)=S)C(N)=S. The summed E-state index contributed by atoms with van der Waals surface area (Å²) in [6.45, 7) is 0. The van der Waals surface area contributed by atoms with Gasteiger partial charge in [-0.3, -0.25) is 0 Å². The van der Waals surface area contributed by atoms with Crippen LogP contribution in [0.4, 0.5) is 0 Å². The summed E-state index contributed by atoms with van der Waals surface area (Å²) in [7, 11) is -1.12. The second-order valence-electron chi connectivity index (χ2n) is 3.23. The van der Waals surface area contributed by atoms with E-state index in [1.165, 1.54) is 14.1 Å². The van der Waals surface area contributed by atoms with Gasteiger partial charge in [0.2, 0.25) is 0 Å². The van der Waals surface area contributed by atoms with E-state index in [1.807, 2.05) is 0 Å². The van der Waals surface area contributed by atoms with Crippen LogP contribution in [0.15, 0.2) is 0 Å². The maximum Gasteiger partial charge on any atom is 0.338 e. The fourth-order valence-electron chi connectivity index (χ4n) is 0.744. The summed E-state index contributed by atoms with van der Waals surface area (Å²) in [6, 6.07) is 0. The first-order valence-corrected chi connectivity index (χ1v) is 6.53. The molecule has 6 nitrogen and oxygen atoms in total. The van der Waals surface area contributed by atoms with E-state index in [1.54, 1.807) is 0 Å². The summed E-state index contributed by atoms with van der Waals surface area (Å²) in [4.78, 5) is 0.216. The first-order chi connectivity index (χ1) is 7.16.